The Labute approximate surface area is 171 Å². The van der Waals surface area contributed by atoms with Gasteiger partial charge >= 0.3 is 6.18 Å². The van der Waals surface area contributed by atoms with E-state index in [2.05, 4.69) is 9.88 Å². The number of anilines is 1. The van der Waals surface area contributed by atoms with E-state index in [9.17, 15) is 13.2 Å². The number of piperazine rings is 1. The number of halogens is 4. The van der Waals surface area contributed by atoms with E-state index in [0.717, 1.165) is 30.4 Å². The maximum absolute atomic E-state index is 12.9. The molecule has 0 saturated carbocycles. The zero-order chi connectivity index (χ0) is 20.4. The molecule has 0 amide bonds. The van der Waals surface area contributed by atoms with Crippen molar-refractivity contribution in [1.29, 1.82) is 0 Å². The number of hydrogen-bond donors (Lipinski definition) is 0. The minimum Gasteiger partial charge on any atom is -0.444 e. The van der Waals surface area contributed by atoms with E-state index in [1.807, 2.05) is 23.1 Å². The molecule has 0 aliphatic carbocycles. The molecule has 0 N–H and O–H groups in total. The molecule has 1 aromatic heterocycles. The van der Waals surface area contributed by atoms with Crippen molar-refractivity contribution in [2.75, 3.05) is 31.1 Å². The lowest BCUT2D eigenvalue weighted by Gasteiger charge is -2.36. The van der Waals surface area contributed by atoms with Gasteiger partial charge in [-0.3, -0.25) is 4.90 Å². The summed E-state index contributed by atoms with van der Waals surface area (Å²) in [5.41, 5.74) is 1.52. The molecule has 1 aliphatic heterocycles. The van der Waals surface area contributed by atoms with Gasteiger partial charge in [0.1, 0.15) is 6.26 Å². The minimum absolute atomic E-state index is 0.480. The van der Waals surface area contributed by atoms with Crippen molar-refractivity contribution < 1.29 is 17.6 Å². The fourth-order valence-corrected chi connectivity index (χ4v) is 3.63. The fraction of sp³-hybridized carbons (Fsp3) is 0.286. The highest BCUT2D eigenvalue weighted by atomic mass is 35.5. The molecule has 0 atom stereocenters. The van der Waals surface area contributed by atoms with Gasteiger partial charge in [0.15, 0.2) is 0 Å². The smallest absolute Gasteiger partial charge is 0.416 e. The molecule has 0 bridgehead atoms. The average Bonchev–Trinajstić information content (AvgIpc) is 3.16. The van der Waals surface area contributed by atoms with Gasteiger partial charge < -0.3 is 9.32 Å². The van der Waals surface area contributed by atoms with Crippen LogP contribution in [0.5, 0.6) is 0 Å². The summed E-state index contributed by atoms with van der Waals surface area (Å²) >= 11 is 6.19. The van der Waals surface area contributed by atoms with E-state index in [1.165, 1.54) is 12.1 Å². The third kappa shape index (κ3) is 4.57. The van der Waals surface area contributed by atoms with Crippen LogP contribution in [0.3, 0.4) is 0 Å². The first-order valence-electron chi connectivity index (χ1n) is 9.24. The van der Waals surface area contributed by atoms with Gasteiger partial charge in [0, 0.05) is 38.4 Å². The first-order chi connectivity index (χ1) is 13.9. The molecule has 0 radical (unpaired) electrons. The van der Waals surface area contributed by atoms with Crippen LogP contribution in [0.2, 0.25) is 5.02 Å². The Morgan fingerprint density at radius 2 is 1.76 bits per heavy atom. The van der Waals surface area contributed by atoms with Crippen molar-refractivity contribution in [2.24, 2.45) is 0 Å². The standard InChI is InChI=1S/C21H19ClF3N3O/c22-19-7-2-1-6-18(19)20-26-16(14-29-20)13-27-8-10-28(11-9-27)17-5-3-4-15(12-17)21(23,24)25/h1-7,12,14H,8-11,13H2. The SMILES string of the molecule is FC(F)(F)c1cccc(N2CCN(Cc3coc(-c4ccccc4Cl)n3)CC2)c1. The van der Waals surface area contributed by atoms with Crippen LogP contribution in [-0.4, -0.2) is 36.1 Å². The van der Waals surface area contributed by atoms with Crippen molar-refractivity contribution in [2.45, 2.75) is 12.7 Å². The molecule has 1 fully saturated rings. The van der Waals surface area contributed by atoms with Crippen molar-refractivity contribution >= 4 is 17.3 Å². The molecule has 1 aliphatic rings. The molecule has 2 heterocycles. The van der Waals surface area contributed by atoms with Crippen LogP contribution in [0, 0.1) is 0 Å². The average molecular weight is 422 g/mol. The summed E-state index contributed by atoms with van der Waals surface area (Å²) in [4.78, 5) is 8.70. The minimum atomic E-state index is -4.33. The molecule has 29 heavy (non-hydrogen) atoms. The Morgan fingerprint density at radius 1 is 1.00 bits per heavy atom. The van der Waals surface area contributed by atoms with Gasteiger partial charge in [0.2, 0.25) is 5.89 Å². The number of hydrogen-bond acceptors (Lipinski definition) is 4. The lowest BCUT2D eigenvalue weighted by Crippen LogP contribution is -2.46. The predicted molar refractivity (Wildman–Crippen MR) is 106 cm³/mol. The number of benzene rings is 2. The second-order valence-electron chi connectivity index (χ2n) is 6.94. The summed E-state index contributed by atoms with van der Waals surface area (Å²) in [6.07, 6.45) is -2.71. The van der Waals surface area contributed by atoms with Gasteiger partial charge in [-0.25, -0.2) is 4.98 Å². The fourth-order valence-electron chi connectivity index (χ4n) is 3.41. The van der Waals surface area contributed by atoms with Crippen LogP contribution >= 0.6 is 11.6 Å². The molecule has 1 saturated heterocycles. The summed E-state index contributed by atoms with van der Waals surface area (Å²) in [6.45, 7) is 3.37. The third-order valence-electron chi connectivity index (χ3n) is 4.95. The monoisotopic (exact) mass is 421 g/mol. The molecule has 3 aromatic rings. The number of oxazole rings is 1. The maximum atomic E-state index is 12.9. The van der Waals surface area contributed by atoms with Crippen molar-refractivity contribution in [1.82, 2.24) is 9.88 Å². The van der Waals surface area contributed by atoms with Crippen LogP contribution in [-0.2, 0) is 12.7 Å². The Morgan fingerprint density at radius 3 is 2.48 bits per heavy atom. The zero-order valence-corrected chi connectivity index (χ0v) is 16.2. The maximum Gasteiger partial charge on any atom is 0.416 e. The summed E-state index contributed by atoms with van der Waals surface area (Å²) in [7, 11) is 0. The summed E-state index contributed by atoms with van der Waals surface area (Å²) in [6, 6.07) is 12.8. The molecule has 2 aromatic carbocycles. The first kappa shape index (κ1) is 19.8. The molecule has 4 rings (SSSR count). The van der Waals surface area contributed by atoms with Crippen LogP contribution in [0.4, 0.5) is 18.9 Å². The molecule has 0 unspecified atom stereocenters. The Hall–Kier alpha value is -2.51. The highest BCUT2D eigenvalue weighted by Crippen LogP contribution is 2.32. The second kappa shape index (κ2) is 8.08. The molecule has 152 valence electrons. The van der Waals surface area contributed by atoms with E-state index in [1.54, 1.807) is 18.4 Å². The first-order valence-corrected chi connectivity index (χ1v) is 9.62. The molecule has 4 nitrogen and oxygen atoms in total. The van der Waals surface area contributed by atoms with Gasteiger partial charge in [-0.15, -0.1) is 0 Å². The van der Waals surface area contributed by atoms with Crippen LogP contribution in [0.25, 0.3) is 11.5 Å². The van der Waals surface area contributed by atoms with Crippen LogP contribution in [0.1, 0.15) is 11.3 Å². The van der Waals surface area contributed by atoms with E-state index in [4.69, 9.17) is 16.0 Å². The molecular weight excluding hydrogens is 403 g/mol. The Kier molecular flexibility index (Phi) is 5.52. The Bertz CT molecular complexity index is 981. The topological polar surface area (TPSA) is 32.5 Å². The zero-order valence-electron chi connectivity index (χ0n) is 15.5. The predicted octanol–water partition coefficient (Wildman–Crippen LogP) is 5.34. The normalized spacial score (nSPS) is 15.7. The largest absolute Gasteiger partial charge is 0.444 e. The van der Waals surface area contributed by atoms with E-state index in [0.29, 0.717) is 36.2 Å². The van der Waals surface area contributed by atoms with Gasteiger partial charge in [-0.1, -0.05) is 29.8 Å². The van der Waals surface area contributed by atoms with Gasteiger partial charge in [0.05, 0.1) is 21.8 Å². The second-order valence-corrected chi connectivity index (χ2v) is 7.34. The lowest BCUT2D eigenvalue weighted by atomic mass is 10.1. The van der Waals surface area contributed by atoms with Gasteiger partial charge in [-0.2, -0.15) is 13.2 Å². The highest BCUT2D eigenvalue weighted by molar-refractivity contribution is 6.33. The van der Waals surface area contributed by atoms with E-state index >= 15 is 0 Å². The molecule has 8 heteroatoms. The van der Waals surface area contributed by atoms with Crippen LogP contribution in [0.15, 0.2) is 59.2 Å². The highest BCUT2D eigenvalue weighted by Gasteiger charge is 2.31. The summed E-state index contributed by atoms with van der Waals surface area (Å²) in [5, 5.41) is 0.579. The van der Waals surface area contributed by atoms with Crippen LogP contribution < -0.4 is 4.90 Å². The van der Waals surface area contributed by atoms with Crippen molar-refractivity contribution in [3.63, 3.8) is 0 Å². The van der Waals surface area contributed by atoms with E-state index < -0.39 is 11.7 Å². The van der Waals surface area contributed by atoms with Crippen molar-refractivity contribution in [3.8, 4) is 11.5 Å². The molecule has 0 spiro atoms. The lowest BCUT2D eigenvalue weighted by molar-refractivity contribution is -0.137. The number of nitrogens with zero attached hydrogens (tertiary/aromatic N) is 3. The summed E-state index contributed by atoms with van der Waals surface area (Å²) in [5.74, 6) is 0.480. The summed E-state index contributed by atoms with van der Waals surface area (Å²) < 4.78 is 44.4. The number of rotatable bonds is 4. The van der Waals surface area contributed by atoms with Gasteiger partial charge in [0.25, 0.3) is 0 Å². The number of alkyl halides is 3. The van der Waals surface area contributed by atoms with Gasteiger partial charge in [-0.05, 0) is 30.3 Å². The van der Waals surface area contributed by atoms with Crippen molar-refractivity contribution in [3.05, 3.63) is 71.1 Å². The quantitative estimate of drug-likeness (QED) is 0.569. The molecular formula is C21H19ClF3N3O. The third-order valence-corrected chi connectivity index (χ3v) is 5.28. The Balaban J connectivity index is 1.37. The number of aromatic nitrogens is 1. The van der Waals surface area contributed by atoms with E-state index in [-0.39, 0.29) is 0 Å².